The number of rotatable bonds is 4. The van der Waals surface area contributed by atoms with E-state index in [9.17, 15) is 10.1 Å². The Kier molecular flexibility index (Phi) is 4.16. The summed E-state index contributed by atoms with van der Waals surface area (Å²) < 4.78 is 0.585. The number of anilines is 1. The van der Waals surface area contributed by atoms with Gasteiger partial charge in [0.2, 0.25) is 0 Å². The van der Waals surface area contributed by atoms with Crippen molar-refractivity contribution in [3.05, 3.63) is 48.7 Å². The molecule has 2 aromatic heterocycles. The molecule has 0 radical (unpaired) electrons. The molecule has 0 amide bonds. The van der Waals surface area contributed by atoms with E-state index in [0.717, 1.165) is 0 Å². The van der Waals surface area contributed by atoms with E-state index in [1.165, 1.54) is 22.0 Å². The molecule has 2 rings (SSSR count). The van der Waals surface area contributed by atoms with Crippen molar-refractivity contribution in [2.45, 2.75) is 19.9 Å². The van der Waals surface area contributed by atoms with Gasteiger partial charge in [-0.05, 0) is 41.9 Å². The first kappa shape index (κ1) is 14.0. The number of thiophene rings is 1. The molecule has 0 aliphatic carbocycles. The van der Waals surface area contributed by atoms with Crippen molar-refractivity contribution in [3.8, 4) is 0 Å². The van der Waals surface area contributed by atoms with Crippen molar-refractivity contribution in [2.75, 3.05) is 5.32 Å². The van der Waals surface area contributed by atoms with Gasteiger partial charge < -0.3 is 5.32 Å². The SMILES string of the molecule is Cc1ccc(C(C)Nc2ncc([N+](=O)[O-])cc2Br)s1. The summed E-state index contributed by atoms with van der Waals surface area (Å²) in [5.41, 5.74) is -0.0305. The fraction of sp³-hybridized carbons (Fsp3) is 0.250. The number of halogens is 1. The molecule has 1 atom stereocenters. The Hall–Kier alpha value is -1.47. The van der Waals surface area contributed by atoms with Gasteiger partial charge in [0.1, 0.15) is 12.0 Å². The average molecular weight is 342 g/mol. The molecule has 0 saturated heterocycles. The second-order valence-corrected chi connectivity index (χ2v) is 6.27. The third-order valence-corrected chi connectivity index (χ3v) is 4.37. The second kappa shape index (κ2) is 5.66. The molecule has 0 bridgehead atoms. The summed E-state index contributed by atoms with van der Waals surface area (Å²) in [5.74, 6) is 0.601. The van der Waals surface area contributed by atoms with Crippen LogP contribution in [0.3, 0.4) is 0 Å². The van der Waals surface area contributed by atoms with Crippen molar-refractivity contribution in [3.63, 3.8) is 0 Å². The Morgan fingerprint density at radius 3 is 2.79 bits per heavy atom. The number of nitro groups is 1. The molecule has 100 valence electrons. The van der Waals surface area contributed by atoms with Crippen molar-refractivity contribution in [1.29, 1.82) is 0 Å². The smallest absolute Gasteiger partial charge is 0.288 e. The van der Waals surface area contributed by atoms with Gasteiger partial charge in [0, 0.05) is 15.8 Å². The Balaban J connectivity index is 2.17. The Morgan fingerprint density at radius 2 is 2.26 bits per heavy atom. The quantitative estimate of drug-likeness (QED) is 0.665. The molecule has 0 aliphatic heterocycles. The predicted molar refractivity (Wildman–Crippen MR) is 79.7 cm³/mol. The van der Waals surface area contributed by atoms with Crippen LogP contribution in [0.15, 0.2) is 28.9 Å². The normalized spacial score (nSPS) is 12.2. The fourth-order valence-corrected chi connectivity index (χ4v) is 2.93. The lowest BCUT2D eigenvalue weighted by atomic mass is 10.2. The maximum Gasteiger partial charge on any atom is 0.288 e. The molecule has 0 aliphatic rings. The number of hydrogen-bond donors (Lipinski definition) is 1. The maximum absolute atomic E-state index is 10.6. The van der Waals surface area contributed by atoms with E-state index < -0.39 is 4.92 Å². The van der Waals surface area contributed by atoms with Crippen molar-refractivity contribution >= 4 is 38.8 Å². The molecule has 1 unspecified atom stereocenters. The first-order chi connectivity index (χ1) is 8.97. The molecular weight excluding hydrogens is 330 g/mol. The van der Waals surface area contributed by atoms with Crippen molar-refractivity contribution < 1.29 is 4.92 Å². The molecule has 19 heavy (non-hydrogen) atoms. The van der Waals surface area contributed by atoms with E-state index in [1.807, 2.05) is 6.92 Å². The van der Waals surface area contributed by atoms with Gasteiger partial charge in [-0.1, -0.05) is 0 Å². The highest BCUT2D eigenvalue weighted by molar-refractivity contribution is 9.10. The standard InChI is InChI=1S/C12H12BrN3O2S/c1-7-3-4-11(19-7)8(2)15-12-10(13)5-9(6-14-12)16(17)18/h3-6,8H,1-2H3,(H,14,15). The molecule has 7 heteroatoms. The first-order valence-electron chi connectivity index (χ1n) is 5.60. The first-order valence-corrected chi connectivity index (χ1v) is 7.21. The summed E-state index contributed by atoms with van der Waals surface area (Å²) in [5, 5.41) is 13.9. The van der Waals surface area contributed by atoms with Crippen LogP contribution in [0.5, 0.6) is 0 Å². The summed E-state index contributed by atoms with van der Waals surface area (Å²) >= 11 is 5.01. The van der Waals surface area contributed by atoms with Crippen LogP contribution in [-0.2, 0) is 0 Å². The number of hydrogen-bond acceptors (Lipinski definition) is 5. The average Bonchev–Trinajstić information content (AvgIpc) is 2.78. The topological polar surface area (TPSA) is 68.1 Å². The minimum absolute atomic E-state index is 0.0305. The van der Waals surface area contributed by atoms with Gasteiger partial charge in [-0.3, -0.25) is 10.1 Å². The van der Waals surface area contributed by atoms with Gasteiger partial charge in [0.25, 0.3) is 5.69 Å². The molecule has 0 saturated carbocycles. The van der Waals surface area contributed by atoms with Gasteiger partial charge in [-0.15, -0.1) is 11.3 Å². The van der Waals surface area contributed by atoms with E-state index in [2.05, 4.69) is 45.3 Å². The van der Waals surface area contributed by atoms with Crippen LogP contribution < -0.4 is 5.32 Å². The van der Waals surface area contributed by atoms with Gasteiger partial charge in [-0.2, -0.15) is 0 Å². The molecular formula is C12H12BrN3O2S. The fourth-order valence-electron chi connectivity index (χ4n) is 1.60. The van der Waals surface area contributed by atoms with Gasteiger partial charge >= 0.3 is 0 Å². The van der Waals surface area contributed by atoms with Gasteiger partial charge in [-0.25, -0.2) is 4.98 Å². The van der Waals surface area contributed by atoms with Crippen LogP contribution in [0.25, 0.3) is 0 Å². The summed E-state index contributed by atoms with van der Waals surface area (Å²) in [6, 6.07) is 5.68. The Labute approximate surface area is 123 Å². The van der Waals surface area contributed by atoms with Crippen LogP contribution in [0, 0.1) is 17.0 Å². The van der Waals surface area contributed by atoms with E-state index in [0.29, 0.717) is 10.3 Å². The summed E-state index contributed by atoms with van der Waals surface area (Å²) in [6.45, 7) is 4.09. The molecule has 2 heterocycles. The van der Waals surface area contributed by atoms with Crippen LogP contribution in [0.4, 0.5) is 11.5 Å². The van der Waals surface area contributed by atoms with E-state index >= 15 is 0 Å². The zero-order valence-electron chi connectivity index (χ0n) is 10.4. The summed E-state index contributed by atoms with van der Waals surface area (Å²) in [4.78, 5) is 16.7. The Bertz CT molecular complexity index is 615. The van der Waals surface area contributed by atoms with Gasteiger partial charge in [0.15, 0.2) is 0 Å². The van der Waals surface area contributed by atoms with Crippen molar-refractivity contribution in [2.24, 2.45) is 0 Å². The second-order valence-electron chi connectivity index (χ2n) is 4.10. The van der Waals surface area contributed by atoms with Crippen molar-refractivity contribution in [1.82, 2.24) is 4.98 Å². The number of aryl methyl sites for hydroxylation is 1. The largest absolute Gasteiger partial charge is 0.362 e. The minimum atomic E-state index is -0.465. The lowest BCUT2D eigenvalue weighted by Gasteiger charge is -2.13. The third-order valence-electron chi connectivity index (χ3n) is 2.58. The third kappa shape index (κ3) is 3.30. The molecule has 5 nitrogen and oxygen atoms in total. The maximum atomic E-state index is 10.6. The lowest BCUT2D eigenvalue weighted by molar-refractivity contribution is -0.385. The highest BCUT2D eigenvalue weighted by Gasteiger charge is 2.13. The predicted octanol–water partition coefficient (Wildman–Crippen LogP) is 4.30. The molecule has 0 spiro atoms. The van der Waals surface area contributed by atoms with Crippen LogP contribution in [0.2, 0.25) is 0 Å². The summed E-state index contributed by atoms with van der Waals surface area (Å²) in [7, 11) is 0. The number of aromatic nitrogens is 1. The minimum Gasteiger partial charge on any atom is -0.362 e. The van der Waals surface area contributed by atoms with E-state index in [-0.39, 0.29) is 11.7 Å². The van der Waals surface area contributed by atoms with E-state index in [4.69, 9.17) is 0 Å². The highest BCUT2D eigenvalue weighted by atomic mass is 79.9. The number of nitrogens with zero attached hydrogens (tertiary/aromatic N) is 2. The Morgan fingerprint density at radius 1 is 1.53 bits per heavy atom. The number of pyridine rings is 1. The van der Waals surface area contributed by atoms with E-state index in [1.54, 1.807) is 11.3 Å². The summed E-state index contributed by atoms with van der Waals surface area (Å²) in [6.07, 6.45) is 1.25. The molecule has 2 aromatic rings. The highest BCUT2D eigenvalue weighted by Crippen LogP contribution is 2.29. The zero-order chi connectivity index (χ0) is 14.0. The van der Waals surface area contributed by atoms with Crippen LogP contribution in [0.1, 0.15) is 22.7 Å². The van der Waals surface area contributed by atoms with Crippen LogP contribution >= 0.6 is 27.3 Å². The zero-order valence-corrected chi connectivity index (χ0v) is 12.8. The molecule has 0 aromatic carbocycles. The number of nitrogens with one attached hydrogen (secondary N) is 1. The molecule has 0 fully saturated rings. The van der Waals surface area contributed by atoms with Crippen LogP contribution in [-0.4, -0.2) is 9.91 Å². The lowest BCUT2D eigenvalue weighted by Crippen LogP contribution is -2.07. The monoisotopic (exact) mass is 341 g/mol. The molecule has 1 N–H and O–H groups in total. The van der Waals surface area contributed by atoms with Gasteiger partial charge in [0.05, 0.1) is 15.4 Å².